The molecule has 1 unspecified atom stereocenters. The smallest absolute Gasteiger partial charge is 0.303 e. The number of carboxylic acids is 1. The third-order valence-electron chi connectivity index (χ3n) is 7.91. The molecule has 2 aromatic carbocycles. The van der Waals surface area contributed by atoms with Crippen molar-refractivity contribution in [3.63, 3.8) is 0 Å². The number of hydrogen-bond acceptors (Lipinski definition) is 5. The molecule has 3 aromatic rings. The Hall–Kier alpha value is -3.59. The lowest BCUT2D eigenvalue weighted by Crippen LogP contribution is -2.48. The van der Waals surface area contributed by atoms with Crippen LogP contribution >= 0.6 is 12.4 Å². The minimum atomic E-state index is -0.807. The van der Waals surface area contributed by atoms with Crippen molar-refractivity contribution in [3.05, 3.63) is 59.4 Å². The van der Waals surface area contributed by atoms with Crippen LogP contribution in [0.5, 0.6) is 0 Å². The van der Waals surface area contributed by atoms with E-state index in [4.69, 9.17) is 21.2 Å². The Balaban J connectivity index is 0.00000336. The number of amidine groups is 1. The number of carboxylic acid groups (broad SMARTS) is 1. The molecular weight excluding hydrogens is 504 g/mol. The van der Waals surface area contributed by atoms with Gasteiger partial charge in [0.1, 0.15) is 11.7 Å². The second-order valence-corrected chi connectivity index (χ2v) is 10.3. The van der Waals surface area contributed by atoms with Gasteiger partial charge in [0.2, 0.25) is 5.91 Å². The quantitative estimate of drug-likeness (QED) is 0.238. The lowest BCUT2D eigenvalue weighted by atomic mass is 9.90. The van der Waals surface area contributed by atoms with Crippen LogP contribution in [0.2, 0.25) is 0 Å². The number of likely N-dealkylation sites (tertiary alicyclic amines) is 1. The fraction of sp³-hybridized carbons (Fsp3) is 0.429. The molecule has 5 rings (SSSR count). The maximum absolute atomic E-state index is 13.8. The molecule has 1 saturated heterocycles. The number of imidazole rings is 1. The number of carbonyl (C=O) groups excluding carboxylic acids is 1. The van der Waals surface area contributed by atoms with Gasteiger partial charge in [-0.2, -0.15) is 0 Å². The van der Waals surface area contributed by atoms with E-state index in [1.165, 1.54) is 0 Å². The number of anilines is 1. The number of rotatable bonds is 9. The molecule has 1 aliphatic carbocycles. The average molecular weight is 539 g/mol. The first-order valence-corrected chi connectivity index (χ1v) is 13.0. The molecule has 1 amide bonds. The summed E-state index contributed by atoms with van der Waals surface area (Å²) in [4.78, 5) is 31.8. The molecule has 0 bridgehead atoms. The number of amides is 1. The maximum Gasteiger partial charge on any atom is 0.303 e. The minimum absolute atomic E-state index is 0. The van der Waals surface area contributed by atoms with Crippen LogP contribution in [0.4, 0.5) is 5.69 Å². The highest BCUT2D eigenvalue weighted by Crippen LogP contribution is 2.51. The number of nitrogens with one attached hydrogen (secondary N) is 2. The summed E-state index contributed by atoms with van der Waals surface area (Å²) in [5.41, 5.74) is 9.50. The van der Waals surface area contributed by atoms with Crippen molar-refractivity contribution in [2.75, 3.05) is 11.9 Å². The summed E-state index contributed by atoms with van der Waals surface area (Å²) >= 11 is 0. The standard InChI is InChI=1S/C28H34N6O3.ClH/c1-33-23-11-7-19(16-22(23)32-24(33)17-31-20-8-5-18(6-9-20)26(29)30)28(13-14-28)27(37)34-15-3-2-4-21(34)10-12-25(35)36;/h5-9,11,16,21,31H,2-4,10,12-15,17H2,1H3,(H3,29,30)(H,35,36);1H. The summed E-state index contributed by atoms with van der Waals surface area (Å²) in [5, 5.41) is 20.0. The average Bonchev–Trinajstić information content (AvgIpc) is 3.65. The maximum atomic E-state index is 13.8. The molecule has 1 aromatic heterocycles. The van der Waals surface area contributed by atoms with E-state index in [-0.39, 0.29) is 36.6 Å². The number of aliphatic carboxylic acids is 1. The number of benzene rings is 2. The number of aromatic nitrogens is 2. The van der Waals surface area contributed by atoms with E-state index in [9.17, 15) is 9.59 Å². The first-order chi connectivity index (χ1) is 17.8. The van der Waals surface area contributed by atoms with Crippen molar-refractivity contribution < 1.29 is 14.7 Å². The zero-order chi connectivity index (χ0) is 26.2. The predicted molar refractivity (Wildman–Crippen MR) is 150 cm³/mol. The highest BCUT2D eigenvalue weighted by atomic mass is 35.5. The highest BCUT2D eigenvalue weighted by Gasteiger charge is 2.54. The fourth-order valence-corrected chi connectivity index (χ4v) is 5.54. The van der Waals surface area contributed by atoms with Crippen LogP contribution in [0, 0.1) is 5.41 Å². The lowest BCUT2D eigenvalue weighted by molar-refractivity contribution is -0.141. The molecule has 1 saturated carbocycles. The molecule has 202 valence electrons. The zero-order valence-electron chi connectivity index (χ0n) is 21.6. The Morgan fingerprint density at radius 1 is 1.18 bits per heavy atom. The molecule has 2 fully saturated rings. The summed E-state index contributed by atoms with van der Waals surface area (Å²) < 4.78 is 2.06. The van der Waals surface area contributed by atoms with Gasteiger partial charge in [0, 0.05) is 37.3 Å². The molecule has 0 spiro atoms. The minimum Gasteiger partial charge on any atom is -0.481 e. The number of nitrogens with two attached hydrogens (primary N) is 1. The van der Waals surface area contributed by atoms with Crippen LogP contribution in [0.15, 0.2) is 42.5 Å². The van der Waals surface area contributed by atoms with Gasteiger partial charge in [-0.15, -0.1) is 12.4 Å². The Bertz CT molecular complexity index is 1350. The Kier molecular flexibility index (Phi) is 7.97. The van der Waals surface area contributed by atoms with E-state index in [0.29, 0.717) is 25.1 Å². The second-order valence-electron chi connectivity index (χ2n) is 10.3. The predicted octanol–water partition coefficient (Wildman–Crippen LogP) is 4.17. The SMILES string of the molecule is Cl.Cn1c(CNc2ccc(C(=N)N)cc2)nc2cc(C3(C(=O)N4CCCCC4CCC(=O)O)CC3)ccc21. The van der Waals surface area contributed by atoms with Gasteiger partial charge in [0.15, 0.2) is 0 Å². The first-order valence-electron chi connectivity index (χ1n) is 13.0. The number of halogens is 1. The van der Waals surface area contributed by atoms with E-state index in [2.05, 4.69) is 22.0 Å². The number of aryl methyl sites for hydroxylation is 1. The molecular formula is C28H35ClN6O3. The first kappa shape index (κ1) is 27.4. The van der Waals surface area contributed by atoms with Crippen LogP contribution in [0.25, 0.3) is 11.0 Å². The van der Waals surface area contributed by atoms with Crippen LogP contribution in [-0.4, -0.2) is 49.9 Å². The summed E-state index contributed by atoms with van der Waals surface area (Å²) in [6.45, 7) is 1.24. The lowest BCUT2D eigenvalue weighted by Gasteiger charge is -2.38. The van der Waals surface area contributed by atoms with Gasteiger partial charge >= 0.3 is 5.97 Å². The van der Waals surface area contributed by atoms with Crippen LogP contribution in [-0.2, 0) is 28.6 Å². The molecule has 0 radical (unpaired) electrons. The molecule has 2 aliphatic rings. The Labute approximate surface area is 228 Å². The second kappa shape index (κ2) is 11.0. The molecule has 1 aliphatic heterocycles. The van der Waals surface area contributed by atoms with Crippen LogP contribution < -0.4 is 11.1 Å². The van der Waals surface area contributed by atoms with Crippen molar-refractivity contribution in [1.29, 1.82) is 5.41 Å². The number of fused-ring (bicyclic) bond motifs is 1. The molecule has 1 atom stereocenters. The van der Waals surface area contributed by atoms with Gasteiger partial charge in [-0.25, -0.2) is 4.98 Å². The summed E-state index contributed by atoms with van der Waals surface area (Å²) in [6, 6.07) is 13.6. The summed E-state index contributed by atoms with van der Waals surface area (Å²) in [6.07, 6.45) is 5.14. The summed E-state index contributed by atoms with van der Waals surface area (Å²) in [7, 11) is 1.99. The summed E-state index contributed by atoms with van der Waals surface area (Å²) in [5.74, 6) is 0.260. The van der Waals surface area contributed by atoms with Gasteiger partial charge in [0.25, 0.3) is 0 Å². The van der Waals surface area contributed by atoms with Gasteiger partial charge in [-0.3, -0.25) is 15.0 Å². The third-order valence-corrected chi connectivity index (χ3v) is 7.91. The largest absolute Gasteiger partial charge is 0.481 e. The fourth-order valence-electron chi connectivity index (χ4n) is 5.54. The van der Waals surface area contributed by atoms with E-state index < -0.39 is 11.4 Å². The van der Waals surface area contributed by atoms with Gasteiger partial charge in [-0.05, 0) is 80.5 Å². The Morgan fingerprint density at radius 2 is 1.92 bits per heavy atom. The molecule has 10 heteroatoms. The van der Waals surface area contributed by atoms with Crippen LogP contribution in [0.1, 0.15) is 61.9 Å². The number of piperidine rings is 1. The van der Waals surface area contributed by atoms with E-state index in [1.807, 2.05) is 42.3 Å². The van der Waals surface area contributed by atoms with Gasteiger partial charge in [0.05, 0.1) is 23.0 Å². The van der Waals surface area contributed by atoms with Crippen molar-refractivity contribution in [1.82, 2.24) is 14.5 Å². The van der Waals surface area contributed by atoms with Crippen LogP contribution in [0.3, 0.4) is 0 Å². The van der Waals surface area contributed by atoms with E-state index in [1.54, 1.807) is 0 Å². The van der Waals surface area contributed by atoms with Gasteiger partial charge in [-0.1, -0.05) is 6.07 Å². The van der Waals surface area contributed by atoms with Crippen molar-refractivity contribution in [3.8, 4) is 0 Å². The third kappa shape index (κ3) is 5.34. The number of nitrogens with zero attached hydrogens (tertiary/aromatic N) is 3. The number of nitrogen functional groups attached to an aromatic ring is 1. The molecule has 38 heavy (non-hydrogen) atoms. The normalized spacial score (nSPS) is 18.0. The van der Waals surface area contributed by atoms with E-state index in [0.717, 1.165) is 60.2 Å². The van der Waals surface area contributed by atoms with Crippen molar-refractivity contribution >= 4 is 46.8 Å². The monoisotopic (exact) mass is 538 g/mol. The van der Waals surface area contributed by atoms with E-state index >= 15 is 0 Å². The van der Waals surface area contributed by atoms with Crippen molar-refractivity contribution in [2.45, 2.75) is 62.9 Å². The zero-order valence-corrected chi connectivity index (χ0v) is 22.4. The Morgan fingerprint density at radius 3 is 2.58 bits per heavy atom. The highest BCUT2D eigenvalue weighted by molar-refractivity contribution is 5.95. The number of carbonyl (C=O) groups is 2. The molecule has 2 heterocycles. The molecule has 9 nitrogen and oxygen atoms in total. The number of hydrogen-bond donors (Lipinski definition) is 4. The van der Waals surface area contributed by atoms with Gasteiger partial charge < -0.3 is 25.6 Å². The topological polar surface area (TPSA) is 137 Å². The molecule has 5 N–H and O–H groups in total. The van der Waals surface area contributed by atoms with Crippen molar-refractivity contribution in [2.24, 2.45) is 12.8 Å².